The molecule has 9 nitrogen and oxygen atoms in total. The van der Waals surface area contributed by atoms with Crippen LogP contribution in [0.5, 0.6) is 11.5 Å². The highest BCUT2D eigenvalue weighted by Crippen LogP contribution is 2.45. The molecule has 1 aliphatic rings. The van der Waals surface area contributed by atoms with E-state index < -0.39 is 47.3 Å². The Bertz CT molecular complexity index is 1150. The van der Waals surface area contributed by atoms with E-state index in [9.17, 15) is 19.5 Å². The lowest BCUT2D eigenvalue weighted by atomic mass is 10.0. The van der Waals surface area contributed by atoms with Gasteiger partial charge in [-0.05, 0) is 43.2 Å². The molecule has 2 atom stereocenters. The molecule has 0 saturated carbocycles. The predicted octanol–water partition coefficient (Wildman–Crippen LogP) is 6.68. The number of nitrogens with one attached hydrogen (secondary N) is 2. The Morgan fingerprint density at radius 1 is 1.10 bits per heavy atom. The number of benzene rings is 1. The maximum absolute atomic E-state index is 13.8. The number of rotatable bonds is 6. The summed E-state index contributed by atoms with van der Waals surface area (Å²) in [7, 11) is -4.64. The molecule has 0 unspecified atom stereocenters. The first-order valence-electron chi connectivity index (χ1n) is 13.8. The van der Waals surface area contributed by atoms with Crippen molar-refractivity contribution in [1.29, 1.82) is 0 Å². The van der Waals surface area contributed by atoms with Crippen molar-refractivity contribution in [3.63, 3.8) is 0 Å². The van der Waals surface area contributed by atoms with Crippen LogP contribution in [0.3, 0.4) is 0 Å². The molecule has 0 fully saturated rings. The fraction of sp³-hybridized carbons (Fsp3) is 0.679. The topological polar surface area (TPSA) is 123 Å². The SMILES string of the molecule is Cc1c(O[Si](C)(C)C(C)(C)C)cc(O[Si](C)(C)C(C)(C)C)c2c1C(=O)OC[C@H](NC(=O)O)C(=O)N[C@@H](CBr)CSC2. The minimum absolute atomic E-state index is 0.0835. The molecule has 41 heavy (non-hydrogen) atoms. The van der Waals surface area contributed by atoms with Crippen molar-refractivity contribution >= 4 is 62.3 Å². The smallest absolute Gasteiger partial charge is 0.405 e. The van der Waals surface area contributed by atoms with Crippen molar-refractivity contribution in [3.05, 3.63) is 22.8 Å². The molecule has 2 amide bonds. The zero-order valence-electron chi connectivity index (χ0n) is 26.2. The number of cyclic esters (lactones) is 1. The maximum atomic E-state index is 13.8. The highest BCUT2D eigenvalue weighted by Gasteiger charge is 2.42. The monoisotopic (exact) mass is 690 g/mol. The van der Waals surface area contributed by atoms with E-state index in [2.05, 4.69) is 94.3 Å². The van der Waals surface area contributed by atoms with Gasteiger partial charge in [-0.25, -0.2) is 9.59 Å². The van der Waals surface area contributed by atoms with Gasteiger partial charge >= 0.3 is 12.1 Å². The van der Waals surface area contributed by atoms with Crippen molar-refractivity contribution < 1.29 is 33.1 Å². The third-order valence-corrected chi connectivity index (χ3v) is 18.8. The molecule has 0 aromatic heterocycles. The number of alkyl halides is 1. The highest BCUT2D eigenvalue weighted by atomic mass is 79.9. The number of hydrogen-bond acceptors (Lipinski definition) is 7. The quantitative estimate of drug-likeness (QED) is 0.172. The number of fused-ring (bicyclic) bond motifs is 1. The minimum Gasteiger partial charge on any atom is -0.543 e. The molecule has 1 heterocycles. The van der Waals surface area contributed by atoms with E-state index in [1.54, 1.807) is 11.8 Å². The molecule has 0 aliphatic carbocycles. The second-order valence-electron chi connectivity index (χ2n) is 13.6. The summed E-state index contributed by atoms with van der Waals surface area (Å²) in [5.41, 5.74) is 1.69. The van der Waals surface area contributed by atoms with Gasteiger partial charge in [0.05, 0.1) is 5.56 Å². The van der Waals surface area contributed by atoms with E-state index in [-0.39, 0.29) is 16.1 Å². The Morgan fingerprint density at radius 2 is 1.63 bits per heavy atom. The number of hydrogen-bond donors (Lipinski definition) is 3. The van der Waals surface area contributed by atoms with E-state index in [1.807, 2.05) is 13.0 Å². The summed E-state index contributed by atoms with van der Waals surface area (Å²) in [5, 5.41) is 14.6. The molecule has 1 aromatic carbocycles. The summed E-state index contributed by atoms with van der Waals surface area (Å²) in [5.74, 6) is 0.959. The van der Waals surface area contributed by atoms with Crippen LogP contribution in [0.2, 0.25) is 36.3 Å². The van der Waals surface area contributed by atoms with Gasteiger partial charge in [-0.2, -0.15) is 11.8 Å². The maximum Gasteiger partial charge on any atom is 0.405 e. The van der Waals surface area contributed by atoms with Gasteiger partial charge in [-0.1, -0.05) is 57.5 Å². The molecule has 2 rings (SSSR count). The first-order valence-corrected chi connectivity index (χ1v) is 21.9. The van der Waals surface area contributed by atoms with Gasteiger partial charge in [0.1, 0.15) is 24.1 Å². The molecular weight excluding hydrogens is 644 g/mol. The standard InChI is InChI=1S/C28H47BrN2O7SSi2/c1-17-21(37-40(8,9)27(2,3)4)12-22(38-41(10,11)28(5,6)7)19-16-39-15-18(13-29)30-24(32)20(31-26(34)35)14-36-25(33)23(17)19/h12,18,20,31H,13-16H2,1-11H3,(H,30,32)(H,34,35)/t18-,20-/m0/s1. The van der Waals surface area contributed by atoms with Crippen LogP contribution in [0.4, 0.5) is 4.79 Å². The molecule has 0 bridgehead atoms. The Morgan fingerprint density at radius 3 is 2.12 bits per heavy atom. The second kappa shape index (κ2) is 13.3. The van der Waals surface area contributed by atoms with Crippen LogP contribution < -0.4 is 19.5 Å². The molecule has 1 aliphatic heterocycles. The van der Waals surface area contributed by atoms with Crippen molar-refractivity contribution in [2.24, 2.45) is 0 Å². The summed E-state index contributed by atoms with van der Waals surface area (Å²) in [6.07, 6.45) is -1.38. The van der Waals surface area contributed by atoms with Crippen molar-refractivity contribution in [2.75, 3.05) is 17.7 Å². The molecular formula is C28H47BrN2O7SSi2. The van der Waals surface area contributed by atoms with E-state index in [1.165, 1.54) is 0 Å². The summed E-state index contributed by atoms with van der Waals surface area (Å²) in [6, 6.07) is 0.407. The van der Waals surface area contributed by atoms with Gasteiger partial charge < -0.3 is 29.3 Å². The van der Waals surface area contributed by atoms with Gasteiger partial charge in [-0.15, -0.1) is 0 Å². The van der Waals surface area contributed by atoms with E-state index in [0.717, 1.165) is 0 Å². The fourth-order valence-corrected chi connectivity index (χ4v) is 7.45. The molecule has 13 heteroatoms. The zero-order valence-corrected chi connectivity index (χ0v) is 30.6. The average molecular weight is 692 g/mol. The zero-order chi connectivity index (χ0) is 31.6. The van der Waals surface area contributed by atoms with Crippen molar-refractivity contribution in [3.8, 4) is 11.5 Å². The molecule has 3 N–H and O–H groups in total. The number of esters is 1. The normalized spacial score (nSPS) is 19.6. The summed E-state index contributed by atoms with van der Waals surface area (Å²) in [4.78, 5) is 38.1. The Hall–Kier alpha value is -1.71. The lowest BCUT2D eigenvalue weighted by Crippen LogP contribution is -2.52. The van der Waals surface area contributed by atoms with Gasteiger partial charge in [0, 0.05) is 40.1 Å². The number of halogens is 1. The summed E-state index contributed by atoms with van der Waals surface area (Å²) >= 11 is 5.01. The third-order valence-electron chi connectivity index (χ3n) is 8.25. The van der Waals surface area contributed by atoms with Crippen LogP contribution in [0.25, 0.3) is 0 Å². The summed E-state index contributed by atoms with van der Waals surface area (Å²) in [6.45, 7) is 23.0. The first kappa shape index (κ1) is 35.5. The molecule has 232 valence electrons. The number of carbonyl (C=O) groups excluding carboxylic acids is 2. The van der Waals surface area contributed by atoms with Crippen molar-refractivity contribution in [1.82, 2.24) is 10.6 Å². The van der Waals surface area contributed by atoms with E-state index in [0.29, 0.717) is 45.0 Å². The van der Waals surface area contributed by atoms with Gasteiger partial charge in [-0.3, -0.25) is 4.79 Å². The molecule has 0 spiro atoms. The lowest BCUT2D eigenvalue weighted by Gasteiger charge is -2.39. The Balaban J connectivity index is 2.78. The van der Waals surface area contributed by atoms with Crippen LogP contribution in [0.15, 0.2) is 6.07 Å². The Kier molecular flexibility index (Phi) is 11.5. The minimum atomic E-state index is -2.34. The van der Waals surface area contributed by atoms with Gasteiger partial charge in [0.2, 0.25) is 22.5 Å². The summed E-state index contributed by atoms with van der Waals surface area (Å²) < 4.78 is 19.3. The Labute approximate surface area is 259 Å². The highest BCUT2D eigenvalue weighted by molar-refractivity contribution is 9.09. The number of thioether (sulfide) groups is 1. The second-order valence-corrected chi connectivity index (χ2v) is 24.7. The first-order chi connectivity index (χ1) is 18.6. The van der Waals surface area contributed by atoms with E-state index >= 15 is 0 Å². The average Bonchev–Trinajstić information content (AvgIpc) is 2.80. The van der Waals surface area contributed by atoms with E-state index in [4.69, 9.17) is 13.6 Å². The van der Waals surface area contributed by atoms with Crippen LogP contribution >= 0.6 is 27.7 Å². The van der Waals surface area contributed by atoms with Crippen LogP contribution in [-0.4, -0.2) is 69.5 Å². The van der Waals surface area contributed by atoms with Gasteiger partial charge in [0.15, 0.2) is 0 Å². The van der Waals surface area contributed by atoms with Gasteiger partial charge in [0.25, 0.3) is 0 Å². The predicted molar refractivity (Wildman–Crippen MR) is 174 cm³/mol. The third kappa shape index (κ3) is 8.90. The number of carbonyl (C=O) groups is 3. The molecule has 1 aromatic rings. The van der Waals surface area contributed by atoms with Crippen LogP contribution in [0, 0.1) is 6.92 Å². The lowest BCUT2D eigenvalue weighted by molar-refractivity contribution is -0.124. The van der Waals surface area contributed by atoms with Crippen molar-refractivity contribution in [2.45, 2.75) is 103 Å². The fourth-order valence-electron chi connectivity index (χ4n) is 3.55. The molecule has 0 radical (unpaired) electrons. The largest absolute Gasteiger partial charge is 0.543 e. The van der Waals surface area contributed by atoms with Crippen LogP contribution in [-0.2, 0) is 15.3 Å². The molecule has 0 saturated heterocycles. The van der Waals surface area contributed by atoms with Crippen LogP contribution in [0.1, 0.15) is 63.0 Å². The number of carboxylic acid groups (broad SMARTS) is 1. The number of ether oxygens (including phenoxy) is 1. The number of amides is 2.